The molecule has 1 aromatic carbocycles. The molecule has 0 spiro atoms. The average molecular weight is 192 g/mol. The van der Waals surface area contributed by atoms with Gasteiger partial charge in [0, 0.05) is 12.3 Å². The Balaban J connectivity index is 2.08. The summed E-state index contributed by atoms with van der Waals surface area (Å²) in [5.74, 6) is 0.752. The quantitative estimate of drug-likeness (QED) is 0.640. The highest BCUT2D eigenvalue weighted by Crippen LogP contribution is 2.28. The van der Waals surface area contributed by atoms with E-state index in [2.05, 4.69) is 36.8 Å². The normalized spacial score (nSPS) is 14.1. The molecule has 0 N–H and O–H groups in total. The van der Waals surface area contributed by atoms with Crippen LogP contribution in [0.1, 0.15) is 24.0 Å². The van der Waals surface area contributed by atoms with E-state index >= 15 is 0 Å². The molecule has 0 fully saturated rings. The predicted octanol–water partition coefficient (Wildman–Crippen LogP) is 3.65. The first-order chi connectivity index (χ1) is 6.40. The molecule has 0 aliphatic heterocycles. The molecule has 0 atom stereocenters. The number of fused-ring (bicyclic) bond motifs is 1. The zero-order chi connectivity index (χ0) is 9.10. The molecule has 0 heterocycles. The van der Waals surface area contributed by atoms with Gasteiger partial charge in [0.25, 0.3) is 0 Å². The molecule has 0 unspecified atom stereocenters. The molecule has 1 aromatic rings. The van der Waals surface area contributed by atoms with E-state index in [1.807, 2.05) is 0 Å². The van der Waals surface area contributed by atoms with Crippen molar-refractivity contribution in [2.75, 3.05) is 5.88 Å². The van der Waals surface area contributed by atoms with Crippen LogP contribution >= 0.6 is 11.6 Å². The molecule has 1 aliphatic carbocycles. The summed E-state index contributed by atoms with van der Waals surface area (Å²) >= 11 is 5.65. The molecule has 0 nitrogen and oxygen atoms in total. The first-order valence-electron chi connectivity index (χ1n) is 4.60. The topological polar surface area (TPSA) is 0 Å². The maximum Gasteiger partial charge on any atom is 0.0226 e. The fourth-order valence-corrected chi connectivity index (χ4v) is 1.76. The van der Waals surface area contributed by atoms with Crippen LogP contribution in [0.4, 0.5) is 0 Å². The average Bonchev–Trinajstić information content (AvgIpc) is 2.57. The summed E-state index contributed by atoms with van der Waals surface area (Å²) in [5, 5.41) is 0. The summed E-state index contributed by atoms with van der Waals surface area (Å²) in [6, 6.07) is 8.46. The van der Waals surface area contributed by atoms with Gasteiger partial charge in [-0.2, -0.15) is 0 Å². The van der Waals surface area contributed by atoms with Crippen LogP contribution in [-0.2, 0) is 0 Å². The first-order valence-corrected chi connectivity index (χ1v) is 5.14. The van der Waals surface area contributed by atoms with Crippen molar-refractivity contribution < 1.29 is 0 Å². The third kappa shape index (κ3) is 1.94. The molecule has 0 aromatic heterocycles. The number of alkyl halides is 1. The number of halogens is 1. The van der Waals surface area contributed by atoms with Crippen LogP contribution in [0, 0.1) is 6.42 Å². The van der Waals surface area contributed by atoms with Crippen molar-refractivity contribution in [1.82, 2.24) is 0 Å². The van der Waals surface area contributed by atoms with Gasteiger partial charge in [-0.05, 0) is 24.0 Å². The minimum atomic E-state index is 0.752. The Morgan fingerprint density at radius 2 is 1.85 bits per heavy atom. The van der Waals surface area contributed by atoms with Gasteiger partial charge < -0.3 is 0 Å². The Morgan fingerprint density at radius 3 is 2.54 bits per heavy atom. The van der Waals surface area contributed by atoms with E-state index in [1.54, 1.807) is 0 Å². The number of rotatable bonds is 3. The van der Waals surface area contributed by atoms with E-state index in [0.717, 1.165) is 18.7 Å². The lowest BCUT2D eigenvalue weighted by atomic mass is 10.1. The van der Waals surface area contributed by atoms with Gasteiger partial charge >= 0.3 is 0 Å². The van der Waals surface area contributed by atoms with Gasteiger partial charge in [-0.25, -0.2) is 0 Å². The summed E-state index contributed by atoms with van der Waals surface area (Å²) in [7, 11) is 0. The number of allylic oxidation sites excluding steroid dienone is 1. The van der Waals surface area contributed by atoms with Gasteiger partial charge in [-0.3, -0.25) is 0 Å². The fourth-order valence-electron chi connectivity index (χ4n) is 1.63. The Morgan fingerprint density at radius 1 is 1.08 bits per heavy atom. The van der Waals surface area contributed by atoms with E-state index in [4.69, 9.17) is 11.6 Å². The van der Waals surface area contributed by atoms with Crippen LogP contribution in [-0.4, -0.2) is 5.88 Å². The van der Waals surface area contributed by atoms with Crippen LogP contribution in [0.25, 0.3) is 6.08 Å². The summed E-state index contributed by atoms with van der Waals surface area (Å²) in [5.41, 5.74) is 4.08. The van der Waals surface area contributed by atoms with Crippen molar-refractivity contribution in [3.8, 4) is 0 Å². The third-order valence-corrected chi connectivity index (χ3v) is 2.54. The summed E-state index contributed by atoms with van der Waals surface area (Å²) in [4.78, 5) is 0. The van der Waals surface area contributed by atoms with Gasteiger partial charge in [0.05, 0.1) is 0 Å². The van der Waals surface area contributed by atoms with Crippen LogP contribution in [0.3, 0.4) is 0 Å². The van der Waals surface area contributed by atoms with Crippen molar-refractivity contribution in [3.05, 3.63) is 47.4 Å². The summed E-state index contributed by atoms with van der Waals surface area (Å²) in [6.45, 7) is 0. The highest BCUT2D eigenvalue weighted by atomic mass is 35.5. The molecule has 13 heavy (non-hydrogen) atoms. The summed E-state index contributed by atoms with van der Waals surface area (Å²) in [6.07, 6.45) is 6.67. The minimum Gasteiger partial charge on any atom is -0.127 e. The second-order valence-corrected chi connectivity index (χ2v) is 3.66. The maximum absolute atomic E-state index is 5.65. The molecular formula is C12H12Cl. The molecule has 0 amide bonds. The Kier molecular flexibility index (Phi) is 2.70. The van der Waals surface area contributed by atoms with Crippen LogP contribution in [0.15, 0.2) is 29.8 Å². The molecule has 0 saturated carbocycles. The van der Waals surface area contributed by atoms with Gasteiger partial charge in [-0.15, -0.1) is 11.6 Å². The van der Waals surface area contributed by atoms with Crippen molar-refractivity contribution in [1.29, 1.82) is 0 Å². The lowest BCUT2D eigenvalue weighted by Crippen LogP contribution is -1.82. The number of hydrogen-bond acceptors (Lipinski definition) is 0. The van der Waals surface area contributed by atoms with Gasteiger partial charge in [0.2, 0.25) is 0 Å². The molecular weight excluding hydrogens is 180 g/mol. The van der Waals surface area contributed by atoms with E-state index in [-0.39, 0.29) is 0 Å². The van der Waals surface area contributed by atoms with E-state index in [9.17, 15) is 0 Å². The van der Waals surface area contributed by atoms with Crippen LogP contribution in [0.2, 0.25) is 0 Å². The van der Waals surface area contributed by atoms with Gasteiger partial charge in [0.1, 0.15) is 0 Å². The van der Waals surface area contributed by atoms with Crippen molar-refractivity contribution in [2.45, 2.75) is 12.8 Å². The standard InChI is InChI=1S/C12H12Cl/c13-7-3-4-10-8-11-5-1-2-6-12(11)9-10/h1-2,5-6,8-9H,3-4,7H2. The zero-order valence-corrected chi connectivity index (χ0v) is 8.22. The Labute approximate surface area is 84.2 Å². The SMILES string of the molecule is ClCCCC1=Cc2ccccc2[CH]1. The Hall–Kier alpha value is -0.750. The second-order valence-electron chi connectivity index (χ2n) is 3.29. The van der Waals surface area contributed by atoms with Crippen LogP contribution in [0.5, 0.6) is 0 Å². The predicted molar refractivity (Wildman–Crippen MR) is 57.8 cm³/mol. The largest absolute Gasteiger partial charge is 0.127 e. The second kappa shape index (κ2) is 3.97. The molecule has 1 aliphatic rings. The molecule has 2 rings (SSSR count). The lowest BCUT2D eigenvalue weighted by molar-refractivity contribution is 0.931. The highest BCUT2D eigenvalue weighted by molar-refractivity contribution is 6.17. The molecule has 1 radical (unpaired) electrons. The fraction of sp³-hybridized carbons (Fsp3) is 0.250. The monoisotopic (exact) mass is 191 g/mol. The van der Waals surface area contributed by atoms with E-state index in [1.165, 1.54) is 16.7 Å². The van der Waals surface area contributed by atoms with Gasteiger partial charge in [-0.1, -0.05) is 35.9 Å². The van der Waals surface area contributed by atoms with Crippen molar-refractivity contribution in [2.24, 2.45) is 0 Å². The summed E-state index contributed by atoms with van der Waals surface area (Å²) < 4.78 is 0. The van der Waals surface area contributed by atoms with Crippen molar-refractivity contribution in [3.63, 3.8) is 0 Å². The first kappa shape index (κ1) is 8.83. The molecule has 0 bridgehead atoms. The lowest BCUT2D eigenvalue weighted by Gasteiger charge is -1.97. The molecule has 1 heteroatoms. The third-order valence-electron chi connectivity index (χ3n) is 2.28. The zero-order valence-electron chi connectivity index (χ0n) is 7.46. The van der Waals surface area contributed by atoms with E-state index < -0.39 is 0 Å². The number of benzene rings is 1. The maximum atomic E-state index is 5.65. The van der Waals surface area contributed by atoms with Gasteiger partial charge in [0.15, 0.2) is 0 Å². The molecule has 67 valence electrons. The van der Waals surface area contributed by atoms with Crippen molar-refractivity contribution >= 4 is 17.7 Å². The Bertz CT molecular complexity index is 326. The minimum absolute atomic E-state index is 0.752. The highest BCUT2D eigenvalue weighted by Gasteiger charge is 2.10. The number of hydrogen-bond donors (Lipinski definition) is 0. The molecule has 0 saturated heterocycles. The van der Waals surface area contributed by atoms with Crippen LogP contribution < -0.4 is 0 Å². The smallest absolute Gasteiger partial charge is 0.0226 e. The van der Waals surface area contributed by atoms with E-state index in [0.29, 0.717) is 0 Å².